The minimum absolute atomic E-state index is 0.0609. The molecule has 162 valence electrons. The number of benzene rings is 2. The third kappa shape index (κ3) is 5.44. The molecular weight excluding hydrogens is 426 g/mol. The fourth-order valence-corrected chi connectivity index (χ4v) is 4.36. The zero-order valence-corrected chi connectivity index (χ0v) is 18.7. The van der Waals surface area contributed by atoms with Crippen molar-refractivity contribution < 1.29 is 17.9 Å². The molecular formula is C21H26ClN3O4S. The first-order valence-corrected chi connectivity index (χ1v) is 11.9. The molecule has 0 aliphatic carbocycles. The van der Waals surface area contributed by atoms with Gasteiger partial charge in [0.05, 0.1) is 25.6 Å². The molecule has 2 aromatic rings. The van der Waals surface area contributed by atoms with Crippen LogP contribution >= 0.6 is 11.6 Å². The van der Waals surface area contributed by atoms with E-state index in [0.717, 1.165) is 17.7 Å². The Hall–Kier alpha value is -2.29. The molecule has 0 saturated carbocycles. The van der Waals surface area contributed by atoms with Crippen molar-refractivity contribution in [2.24, 2.45) is 0 Å². The van der Waals surface area contributed by atoms with Gasteiger partial charge in [-0.2, -0.15) is 4.31 Å². The van der Waals surface area contributed by atoms with Crippen molar-refractivity contribution in [3.63, 3.8) is 0 Å². The molecule has 0 spiro atoms. The predicted octanol–water partition coefficient (Wildman–Crippen LogP) is 2.46. The van der Waals surface area contributed by atoms with E-state index in [0.29, 0.717) is 36.8 Å². The first-order valence-electron chi connectivity index (χ1n) is 9.64. The molecule has 1 aliphatic heterocycles. The minimum atomic E-state index is -3.58. The van der Waals surface area contributed by atoms with Gasteiger partial charge in [-0.3, -0.25) is 4.79 Å². The van der Waals surface area contributed by atoms with Crippen molar-refractivity contribution >= 4 is 33.2 Å². The quantitative estimate of drug-likeness (QED) is 0.646. The van der Waals surface area contributed by atoms with Gasteiger partial charge in [-0.25, -0.2) is 8.42 Å². The van der Waals surface area contributed by atoms with Crippen molar-refractivity contribution in [1.29, 1.82) is 0 Å². The van der Waals surface area contributed by atoms with Crippen LogP contribution in [0.25, 0.3) is 0 Å². The molecule has 1 amide bonds. The van der Waals surface area contributed by atoms with Crippen molar-refractivity contribution in [2.75, 3.05) is 51.0 Å². The number of carbonyl (C=O) groups is 1. The zero-order chi connectivity index (χ0) is 21.7. The van der Waals surface area contributed by atoms with Crippen LogP contribution < -0.4 is 9.64 Å². The number of sulfonamides is 1. The Bertz CT molecular complexity index is 991. The van der Waals surface area contributed by atoms with Gasteiger partial charge in [-0.15, -0.1) is 0 Å². The van der Waals surface area contributed by atoms with Gasteiger partial charge in [0.25, 0.3) is 0 Å². The second kappa shape index (κ2) is 9.68. The number of hydrogen-bond donors (Lipinski definition) is 0. The van der Waals surface area contributed by atoms with Gasteiger partial charge in [0.2, 0.25) is 15.9 Å². The Balaban J connectivity index is 1.64. The number of methoxy groups -OCH3 is 1. The second-order valence-electron chi connectivity index (χ2n) is 7.16. The van der Waals surface area contributed by atoms with Gasteiger partial charge in [-0.1, -0.05) is 41.9 Å². The van der Waals surface area contributed by atoms with Crippen molar-refractivity contribution in [3.05, 3.63) is 59.1 Å². The highest BCUT2D eigenvalue weighted by molar-refractivity contribution is 7.88. The molecule has 3 rings (SSSR count). The Labute approximate surface area is 182 Å². The summed E-state index contributed by atoms with van der Waals surface area (Å²) in [6, 6.07) is 14.8. The molecule has 7 nitrogen and oxygen atoms in total. The fourth-order valence-electron chi connectivity index (χ4n) is 3.45. The summed E-state index contributed by atoms with van der Waals surface area (Å²) in [6.45, 7) is 2.18. The molecule has 0 bridgehead atoms. The molecule has 0 aromatic heterocycles. The molecule has 0 atom stereocenters. The lowest BCUT2D eigenvalue weighted by atomic mass is 10.2. The number of halogens is 1. The maximum Gasteiger partial charge on any atom is 0.238 e. The standard InChI is InChI=1S/C21H26ClN3O4S/c1-29-20-10-6-5-9-19(20)23-11-13-24(14-12-23)21(26)16-25(30(2,27)28)15-17-7-3-4-8-18(17)22/h3-10H,11-16H2,1-2H3. The van der Waals surface area contributed by atoms with Gasteiger partial charge < -0.3 is 14.5 Å². The molecule has 2 aromatic carbocycles. The summed E-state index contributed by atoms with van der Waals surface area (Å²) in [5, 5.41) is 0.476. The van der Waals surface area contributed by atoms with Crippen molar-refractivity contribution in [2.45, 2.75) is 6.54 Å². The fraction of sp³-hybridized carbons (Fsp3) is 0.381. The van der Waals surface area contributed by atoms with E-state index < -0.39 is 10.0 Å². The van der Waals surface area contributed by atoms with E-state index in [1.54, 1.807) is 36.3 Å². The zero-order valence-electron chi connectivity index (χ0n) is 17.1. The van der Waals surface area contributed by atoms with Crippen LogP contribution in [0, 0.1) is 0 Å². The molecule has 1 fully saturated rings. The van der Waals surface area contributed by atoms with E-state index in [9.17, 15) is 13.2 Å². The highest BCUT2D eigenvalue weighted by Gasteiger charge is 2.27. The normalized spacial score (nSPS) is 14.8. The van der Waals surface area contributed by atoms with Crippen LogP contribution in [0.5, 0.6) is 5.75 Å². The monoisotopic (exact) mass is 451 g/mol. The first-order chi connectivity index (χ1) is 14.3. The lowest BCUT2D eigenvalue weighted by Gasteiger charge is -2.37. The summed E-state index contributed by atoms with van der Waals surface area (Å²) >= 11 is 6.17. The molecule has 9 heteroatoms. The van der Waals surface area contributed by atoms with Gasteiger partial charge in [0, 0.05) is 37.7 Å². The van der Waals surface area contributed by atoms with Crippen LogP contribution in [0.2, 0.25) is 5.02 Å². The maximum atomic E-state index is 12.8. The number of rotatable bonds is 7. The third-order valence-corrected chi connectivity index (χ3v) is 6.71. The number of piperazine rings is 1. The second-order valence-corrected chi connectivity index (χ2v) is 9.55. The first kappa shape index (κ1) is 22.4. The van der Waals surface area contributed by atoms with E-state index in [2.05, 4.69) is 4.90 Å². The Morgan fingerprint density at radius 2 is 1.70 bits per heavy atom. The average molecular weight is 452 g/mol. The molecule has 0 radical (unpaired) electrons. The molecule has 0 N–H and O–H groups in total. The summed E-state index contributed by atoms with van der Waals surface area (Å²) < 4.78 is 31.1. The van der Waals surface area contributed by atoms with E-state index in [1.807, 2.05) is 24.3 Å². The average Bonchev–Trinajstić information content (AvgIpc) is 2.74. The van der Waals surface area contributed by atoms with Crippen LogP contribution in [0.1, 0.15) is 5.56 Å². The van der Waals surface area contributed by atoms with Gasteiger partial charge in [0.15, 0.2) is 0 Å². The number of anilines is 1. The van der Waals surface area contributed by atoms with Crippen LogP contribution in [-0.4, -0.2) is 69.6 Å². The number of ether oxygens (including phenoxy) is 1. The van der Waals surface area contributed by atoms with E-state index >= 15 is 0 Å². The predicted molar refractivity (Wildman–Crippen MR) is 118 cm³/mol. The van der Waals surface area contributed by atoms with Crippen LogP contribution in [0.3, 0.4) is 0 Å². The molecule has 1 saturated heterocycles. The largest absolute Gasteiger partial charge is 0.495 e. The summed E-state index contributed by atoms with van der Waals surface area (Å²) in [6.07, 6.45) is 1.11. The SMILES string of the molecule is COc1ccccc1N1CCN(C(=O)CN(Cc2ccccc2Cl)S(C)(=O)=O)CC1. The molecule has 0 unspecified atom stereocenters. The number of carbonyl (C=O) groups excluding carboxylic acids is 1. The van der Waals surface area contributed by atoms with Gasteiger partial charge >= 0.3 is 0 Å². The summed E-state index contributed by atoms with van der Waals surface area (Å²) in [5.74, 6) is 0.576. The van der Waals surface area contributed by atoms with E-state index in [1.165, 1.54) is 4.31 Å². The Morgan fingerprint density at radius 3 is 2.33 bits per heavy atom. The lowest BCUT2D eigenvalue weighted by Crippen LogP contribution is -2.51. The summed E-state index contributed by atoms with van der Waals surface area (Å²) in [4.78, 5) is 16.7. The number of hydrogen-bond acceptors (Lipinski definition) is 5. The highest BCUT2D eigenvalue weighted by atomic mass is 35.5. The molecule has 1 aliphatic rings. The lowest BCUT2D eigenvalue weighted by molar-refractivity contribution is -0.131. The topological polar surface area (TPSA) is 70.2 Å². The van der Waals surface area contributed by atoms with Crippen LogP contribution in [0.15, 0.2) is 48.5 Å². The summed E-state index contributed by atoms with van der Waals surface area (Å²) in [5.41, 5.74) is 1.65. The molecule has 1 heterocycles. The van der Waals surface area contributed by atoms with Crippen LogP contribution in [0.4, 0.5) is 5.69 Å². The Kier molecular flexibility index (Phi) is 7.23. The van der Waals surface area contributed by atoms with Crippen molar-refractivity contribution in [3.8, 4) is 5.75 Å². The number of amides is 1. The molecule has 30 heavy (non-hydrogen) atoms. The maximum absolute atomic E-state index is 12.8. The van der Waals surface area contributed by atoms with E-state index in [-0.39, 0.29) is 19.0 Å². The van der Waals surface area contributed by atoms with Gasteiger partial charge in [0.1, 0.15) is 5.75 Å². The van der Waals surface area contributed by atoms with Crippen molar-refractivity contribution in [1.82, 2.24) is 9.21 Å². The third-order valence-electron chi connectivity index (χ3n) is 5.14. The Morgan fingerprint density at radius 1 is 1.07 bits per heavy atom. The van der Waals surface area contributed by atoms with E-state index in [4.69, 9.17) is 16.3 Å². The van der Waals surface area contributed by atoms with Crippen LogP contribution in [-0.2, 0) is 21.4 Å². The number of para-hydroxylation sites is 2. The summed E-state index contributed by atoms with van der Waals surface area (Å²) in [7, 11) is -1.94. The number of nitrogens with zero attached hydrogens (tertiary/aromatic N) is 3. The highest BCUT2D eigenvalue weighted by Crippen LogP contribution is 2.28. The van der Waals surface area contributed by atoms with Gasteiger partial charge in [-0.05, 0) is 23.8 Å². The smallest absolute Gasteiger partial charge is 0.238 e. The minimum Gasteiger partial charge on any atom is -0.495 e.